The zero-order chi connectivity index (χ0) is 56.4. The van der Waals surface area contributed by atoms with Gasteiger partial charge >= 0.3 is 24.3 Å². The Kier molecular flexibility index (Phi) is 23.0. The van der Waals surface area contributed by atoms with Crippen LogP contribution < -0.4 is 9.47 Å². The summed E-state index contributed by atoms with van der Waals surface area (Å²) in [5.41, 5.74) is 0.439. The Labute approximate surface area is 487 Å². The van der Waals surface area contributed by atoms with Gasteiger partial charge < -0.3 is 38.0 Å². The van der Waals surface area contributed by atoms with Crippen LogP contribution in [0, 0.1) is 0 Å². The van der Waals surface area contributed by atoms with E-state index in [1.165, 1.54) is 67.4 Å². The molecule has 2 fully saturated rings. The molecule has 23 heteroatoms. The number of carboxylic acids is 1. The number of rotatable bonds is 13. The summed E-state index contributed by atoms with van der Waals surface area (Å²) in [6.45, 7) is 2.48. The molecular formula is C59H57BrCl2F6N4O10. The van der Waals surface area contributed by atoms with E-state index in [-0.39, 0.29) is 79.6 Å². The first-order valence-corrected chi connectivity index (χ1v) is 26.1. The van der Waals surface area contributed by atoms with Crippen LogP contribution in [0.15, 0.2) is 142 Å². The van der Waals surface area contributed by atoms with Gasteiger partial charge in [-0.2, -0.15) is 26.3 Å². The highest BCUT2D eigenvalue weighted by Gasteiger charge is 2.35. The molecule has 2 aromatic heterocycles. The van der Waals surface area contributed by atoms with E-state index < -0.39 is 54.2 Å². The van der Waals surface area contributed by atoms with Crippen LogP contribution in [0.25, 0.3) is 45.1 Å². The molecule has 0 spiro atoms. The SMILES string of the molecule is C.C.C.O=C(CBr)N1CCCC1.O=C(O)C(Oc1ccc(Cl)cc1-c1nc2ccccc2o1)c1cccc(C(F)(F)F)c1.O=C(OCC(=O)N1CCCC1)C(Oc1ccc(Cl)cc1-c1nc2ccccc2o1)c1cccc(C(F)(F)F)c1. The summed E-state index contributed by atoms with van der Waals surface area (Å²) in [5, 5.41) is 10.7. The molecule has 6 aromatic carbocycles. The average molecular weight is 1250 g/mol. The number of nitrogens with zero attached hydrogens (tertiary/aromatic N) is 4. The van der Waals surface area contributed by atoms with Crippen molar-refractivity contribution < 1.29 is 73.7 Å². The topological polar surface area (TPSA) is 175 Å². The van der Waals surface area contributed by atoms with Crippen molar-refractivity contribution in [2.45, 2.75) is 72.5 Å². The third kappa shape index (κ3) is 16.5. The normalized spacial score (nSPS) is 13.7. The standard InChI is InChI=1S/C28H22ClF3N2O5.C22H13ClF3NO4.C6H10BrNO.3CH4/c29-19-10-11-22(20(15-19)26-33-21-8-1-2-9-23(21)39-26)38-25(17-6-5-7-18(14-17)28(30,31)32)27(36)37-16-24(35)34-12-3-4-13-34;23-14-8-9-17(15(11-14)20-27-16-6-1-2-7-18(16)31-20)30-19(21(28)29)12-4-3-5-13(10-12)22(24,25)26;7-5-6(9)8-3-1-2-4-8;;;/h1-2,5-11,14-15,25H,3-4,12-13,16H2;1-11,19H,(H,28,29);1-5H2;3*1H4. The van der Waals surface area contributed by atoms with Crippen LogP contribution in [0.5, 0.6) is 11.5 Å². The Balaban J connectivity index is 0.000000257. The van der Waals surface area contributed by atoms with E-state index in [0.717, 1.165) is 56.3 Å². The number of ether oxygens (including phenoxy) is 3. The zero-order valence-electron chi connectivity index (χ0n) is 41.2. The molecule has 14 nitrogen and oxygen atoms in total. The number of esters is 1. The van der Waals surface area contributed by atoms with E-state index in [2.05, 4.69) is 25.9 Å². The number of halogens is 9. The molecule has 10 rings (SSSR count). The smallest absolute Gasteiger partial charge is 0.416 e. The number of alkyl halides is 7. The number of fused-ring (bicyclic) bond motifs is 2. The maximum atomic E-state index is 13.5. The molecule has 0 bridgehead atoms. The molecule has 2 aliphatic rings. The van der Waals surface area contributed by atoms with Gasteiger partial charge in [0.15, 0.2) is 17.8 Å². The molecule has 8 aromatic rings. The number of oxazole rings is 2. The van der Waals surface area contributed by atoms with Gasteiger partial charge in [-0.1, -0.05) is 110 Å². The van der Waals surface area contributed by atoms with E-state index >= 15 is 0 Å². The first kappa shape index (κ1) is 65.2. The lowest BCUT2D eigenvalue weighted by molar-refractivity contribution is -0.158. The number of carbonyl (C=O) groups is 4. The Morgan fingerprint density at radius 2 is 0.988 bits per heavy atom. The van der Waals surface area contributed by atoms with Crippen LogP contribution in [0.3, 0.4) is 0 Å². The Morgan fingerprint density at radius 3 is 1.40 bits per heavy atom. The summed E-state index contributed by atoms with van der Waals surface area (Å²) < 4.78 is 108. The van der Waals surface area contributed by atoms with Crippen molar-refractivity contribution in [2.24, 2.45) is 0 Å². The van der Waals surface area contributed by atoms with Crippen molar-refractivity contribution in [3.8, 4) is 34.4 Å². The number of aromatic nitrogens is 2. The third-order valence-corrected chi connectivity index (χ3v) is 13.2. The molecule has 0 saturated carbocycles. The molecule has 436 valence electrons. The molecule has 0 radical (unpaired) electrons. The van der Waals surface area contributed by atoms with Crippen LogP contribution in [-0.4, -0.2) is 86.7 Å². The number of hydrogen-bond acceptors (Lipinski definition) is 11. The number of aliphatic carboxylic acids is 1. The van der Waals surface area contributed by atoms with Gasteiger partial charge in [-0.3, -0.25) is 9.59 Å². The third-order valence-electron chi connectivity index (χ3n) is 12.3. The second-order valence-electron chi connectivity index (χ2n) is 17.8. The van der Waals surface area contributed by atoms with Gasteiger partial charge in [0.25, 0.3) is 5.91 Å². The highest BCUT2D eigenvalue weighted by atomic mass is 79.9. The van der Waals surface area contributed by atoms with Gasteiger partial charge in [0, 0.05) is 47.4 Å². The number of para-hydroxylation sites is 4. The summed E-state index contributed by atoms with van der Waals surface area (Å²) in [4.78, 5) is 60.7. The van der Waals surface area contributed by atoms with E-state index in [9.17, 15) is 50.6 Å². The quantitative estimate of drug-likeness (QED) is 0.0658. The fourth-order valence-electron chi connectivity index (χ4n) is 8.36. The number of benzene rings is 6. The Bertz CT molecular complexity index is 3410. The van der Waals surface area contributed by atoms with Crippen molar-refractivity contribution >= 4 is 85.1 Å². The molecule has 2 unspecified atom stereocenters. The van der Waals surface area contributed by atoms with Crippen molar-refractivity contribution in [1.82, 2.24) is 19.8 Å². The minimum absolute atomic E-state index is 0. The van der Waals surface area contributed by atoms with Crippen molar-refractivity contribution in [3.05, 3.63) is 166 Å². The van der Waals surface area contributed by atoms with Crippen molar-refractivity contribution in [2.75, 3.05) is 38.1 Å². The van der Waals surface area contributed by atoms with E-state index in [0.29, 0.717) is 50.7 Å². The molecule has 0 aliphatic carbocycles. The first-order chi connectivity index (χ1) is 37.7. The lowest BCUT2D eigenvalue weighted by atomic mass is 10.1. The Morgan fingerprint density at radius 1 is 0.573 bits per heavy atom. The summed E-state index contributed by atoms with van der Waals surface area (Å²) >= 11 is 15.4. The molecule has 4 heterocycles. The van der Waals surface area contributed by atoms with E-state index in [1.54, 1.807) is 53.4 Å². The van der Waals surface area contributed by atoms with Gasteiger partial charge in [-0.25, -0.2) is 19.6 Å². The van der Waals surface area contributed by atoms with E-state index in [1.807, 2.05) is 4.90 Å². The minimum atomic E-state index is -4.65. The largest absolute Gasteiger partial charge is 0.478 e. The molecule has 2 saturated heterocycles. The highest BCUT2D eigenvalue weighted by molar-refractivity contribution is 9.09. The Hall–Kier alpha value is -7.62. The second kappa shape index (κ2) is 28.9. The summed E-state index contributed by atoms with van der Waals surface area (Å²) in [5.74, 6) is -2.27. The van der Waals surface area contributed by atoms with Crippen LogP contribution >= 0.6 is 39.1 Å². The predicted octanol–water partition coefficient (Wildman–Crippen LogP) is 15.7. The van der Waals surface area contributed by atoms with E-state index in [4.69, 9.17) is 46.2 Å². The van der Waals surface area contributed by atoms with Crippen molar-refractivity contribution in [1.29, 1.82) is 0 Å². The maximum Gasteiger partial charge on any atom is 0.416 e. The molecule has 2 aliphatic heterocycles. The van der Waals surface area contributed by atoms with Gasteiger partial charge in [-0.15, -0.1) is 0 Å². The molecule has 82 heavy (non-hydrogen) atoms. The van der Waals surface area contributed by atoms with Crippen molar-refractivity contribution in [3.63, 3.8) is 0 Å². The highest BCUT2D eigenvalue weighted by Crippen LogP contribution is 2.40. The minimum Gasteiger partial charge on any atom is -0.478 e. The molecular weight excluding hydrogens is 1190 g/mol. The monoisotopic (exact) mass is 1240 g/mol. The number of carboxylic acid groups (broad SMARTS) is 1. The molecule has 1 N–H and O–H groups in total. The number of amides is 2. The number of hydrogen-bond donors (Lipinski definition) is 1. The number of carbonyl (C=O) groups excluding carboxylic acids is 3. The maximum absolute atomic E-state index is 13.5. The fraction of sp³-hybridized carbons (Fsp3) is 0.288. The van der Waals surface area contributed by atoms with Gasteiger partial charge in [0.05, 0.1) is 27.6 Å². The lowest BCUT2D eigenvalue weighted by Gasteiger charge is -2.21. The van der Waals surface area contributed by atoms with Crippen LogP contribution in [0.2, 0.25) is 10.0 Å². The van der Waals surface area contributed by atoms with Crippen LogP contribution in [0.4, 0.5) is 26.3 Å². The summed E-state index contributed by atoms with van der Waals surface area (Å²) in [6, 6.07) is 31.0. The lowest BCUT2D eigenvalue weighted by Crippen LogP contribution is -2.33. The van der Waals surface area contributed by atoms with Gasteiger partial charge in [0.2, 0.25) is 29.9 Å². The number of likely N-dealkylation sites (tertiary alicyclic amines) is 2. The van der Waals surface area contributed by atoms with Gasteiger partial charge in [0.1, 0.15) is 22.5 Å². The van der Waals surface area contributed by atoms with Crippen LogP contribution in [0.1, 0.15) is 82.4 Å². The summed E-state index contributed by atoms with van der Waals surface area (Å²) in [6.07, 6.45) is -8.55. The summed E-state index contributed by atoms with van der Waals surface area (Å²) in [7, 11) is 0. The molecule has 2 atom stereocenters. The van der Waals surface area contributed by atoms with Gasteiger partial charge in [-0.05, 0) is 111 Å². The average Bonchev–Trinajstić information content (AvgIpc) is 4.30. The van der Waals surface area contributed by atoms with Crippen LogP contribution in [-0.2, 0) is 36.3 Å². The fourth-order valence-corrected chi connectivity index (χ4v) is 9.06. The molecule has 2 amide bonds. The first-order valence-electron chi connectivity index (χ1n) is 24.3. The zero-order valence-corrected chi connectivity index (χ0v) is 44.3. The predicted molar refractivity (Wildman–Crippen MR) is 303 cm³/mol. The second-order valence-corrected chi connectivity index (χ2v) is 19.2.